The first-order valence-corrected chi connectivity index (χ1v) is 12.5. The van der Waals surface area contributed by atoms with Gasteiger partial charge in [-0.05, 0) is 60.1 Å². The summed E-state index contributed by atoms with van der Waals surface area (Å²) in [5.41, 5.74) is 7.98. The molecule has 2 aromatic carbocycles. The van der Waals surface area contributed by atoms with Crippen LogP contribution in [0.3, 0.4) is 0 Å². The second-order valence-corrected chi connectivity index (χ2v) is 9.15. The summed E-state index contributed by atoms with van der Waals surface area (Å²) >= 11 is 3.57. The molecule has 0 atom stereocenters. The number of nitrogens with one attached hydrogen (secondary N) is 2. The van der Waals surface area contributed by atoms with Gasteiger partial charge < -0.3 is 15.6 Å². The maximum absolute atomic E-state index is 13.1. The first-order chi connectivity index (χ1) is 18.2. The summed E-state index contributed by atoms with van der Waals surface area (Å²) in [4.78, 5) is 39.9. The van der Waals surface area contributed by atoms with Crippen LogP contribution in [0.2, 0.25) is 0 Å². The van der Waals surface area contributed by atoms with Gasteiger partial charge in [0.15, 0.2) is 0 Å². The predicted octanol–water partition coefficient (Wildman–Crippen LogP) is 4.25. The maximum atomic E-state index is 13.1. The highest BCUT2D eigenvalue weighted by molar-refractivity contribution is 9.10. The lowest BCUT2D eigenvalue weighted by Crippen LogP contribution is -2.19. The Morgan fingerprint density at radius 3 is 2.71 bits per heavy atom. The Morgan fingerprint density at radius 2 is 2.00 bits per heavy atom. The summed E-state index contributed by atoms with van der Waals surface area (Å²) in [6, 6.07) is 11.4. The third-order valence-electron chi connectivity index (χ3n) is 5.72. The van der Waals surface area contributed by atoms with Gasteiger partial charge in [0, 0.05) is 35.7 Å². The Bertz CT molecular complexity index is 1570. The number of nitrogens with two attached hydrogens (primary N) is 1. The number of nitro benzene ring substituents is 1. The van der Waals surface area contributed by atoms with E-state index in [0.717, 1.165) is 21.7 Å². The van der Waals surface area contributed by atoms with Crippen LogP contribution in [0.1, 0.15) is 33.5 Å². The van der Waals surface area contributed by atoms with Gasteiger partial charge in [-0.25, -0.2) is 4.98 Å². The number of halogens is 1. The molecule has 196 valence electrons. The molecule has 0 aliphatic rings. The fourth-order valence-corrected chi connectivity index (χ4v) is 4.54. The average Bonchev–Trinajstić information content (AvgIpc) is 3.44. The summed E-state index contributed by atoms with van der Waals surface area (Å²) < 4.78 is 4.31. The van der Waals surface area contributed by atoms with Crippen LogP contribution in [0.4, 0.5) is 17.3 Å². The molecule has 4 aromatic rings. The van der Waals surface area contributed by atoms with Crippen molar-refractivity contribution in [2.75, 3.05) is 17.2 Å². The molecule has 0 spiro atoms. The molecule has 13 heteroatoms. The minimum atomic E-state index is -0.740. The van der Waals surface area contributed by atoms with Crippen molar-refractivity contribution in [1.82, 2.24) is 19.3 Å². The number of carbonyl (C=O) groups is 2. The lowest BCUT2D eigenvalue weighted by Gasteiger charge is -2.10. The van der Waals surface area contributed by atoms with E-state index in [9.17, 15) is 19.7 Å². The molecule has 0 aliphatic heterocycles. The number of anilines is 2. The van der Waals surface area contributed by atoms with Gasteiger partial charge in [-0.2, -0.15) is 5.10 Å². The molecule has 0 unspecified atom stereocenters. The van der Waals surface area contributed by atoms with Crippen LogP contribution in [0, 0.1) is 17.0 Å². The van der Waals surface area contributed by atoms with Crippen LogP contribution in [0.15, 0.2) is 59.1 Å². The van der Waals surface area contributed by atoms with Crippen molar-refractivity contribution < 1.29 is 14.5 Å². The molecular weight excluding hydrogens is 556 g/mol. The predicted molar refractivity (Wildman–Crippen MR) is 147 cm³/mol. The van der Waals surface area contributed by atoms with Crippen LogP contribution in [-0.4, -0.2) is 42.6 Å². The maximum Gasteiger partial charge on any atom is 0.293 e. The van der Waals surface area contributed by atoms with Crippen LogP contribution >= 0.6 is 15.9 Å². The van der Waals surface area contributed by atoms with Crippen molar-refractivity contribution in [3.05, 3.63) is 86.2 Å². The zero-order chi connectivity index (χ0) is 27.4. The number of carbonyl (C=O) groups excluding carboxylic acids is 2. The molecule has 12 nitrogen and oxygen atoms in total. The highest BCUT2D eigenvalue weighted by Crippen LogP contribution is 2.28. The largest absolute Gasteiger partial charge is 0.376 e. The van der Waals surface area contributed by atoms with Gasteiger partial charge in [0.25, 0.3) is 11.6 Å². The van der Waals surface area contributed by atoms with Crippen LogP contribution < -0.4 is 16.4 Å². The quantitative estimate of drug-likeness (QED) is 0.143. The van der Waals surface area contributed by atoms with Gasteiger partial charge >= 0.3 is 0 Å². The van der Waals surface area contributed by atoms with E-state index in [2.05, 4.69) is 36.6 Å². The smallest absolute Gasteiger partial charge is 0.293 e. The van der Waals surface area contributed by atoms with E-state index >= 15 is 0 Å². The Labute approximate surface area is 225 Å². The first kappa shape index (κ1) is 26.5. The van der Waals surface area contributed by atoms with Crippen molar-refractivity contribution >= 4 is 56.1 Å². The number of aromatic nitrogens is 4. The molecule has 38 heavy (non-hydrogen) atoms. The number of aryl methyl sites for hydroxylation is 2. The molecule has 0 fully saturated rings. The first-order valence-electron chi connectivity index (χ1n) is 11.7. The van der Waals surface area contributed by atoms with Gasteiger partial charge in [-0.15, -0.1) is 0 Å². The molecule has 0 aliphatic carbocycles. The van der Waals surface area contributed by atoms with Gasteiger partial charge in [-0.3, -0.25) is 29.7 Å². The van der Waals surface area contributed by atoms with Crippen molar-refractivity contribution in [1.29, 1.82) is 0 Å². The highest BCUT2D eigenvalue weighted by Gasteiger charge is 2.19. The molecule has 2 aromatic heterocycles. The van der Waals surface area contributed by atoms with E-state index < -0.39 is 10.8 Å². The number of amides is 2. The van der Waals surface area contributed by atoms with Crippen molar-refractivity contribution in [2.45, 2.75) is 26.9 Å². The van der Waals surface area contributed by atoms with E-state index in [4.69, 9.17) is 5.73 Å². The Morgan fingerprint density at radius 1 is 1.21 bits per heavy atom. The minimum Gasteiger partial charge on any atom is -0.376 e. The van der Waals surface area contributed by atoms with Crippen molar-refractivity contribution in [2.24, 2.45) is 5.73 Å². The lowest BCUT2D eigenvalue weighted by atomic mass is 10.1. The summed E-state index contributed by atoms with van der Waals surface area (Å²) in [6.07, 6.45) is 3.66. The topological polar surface area (TPSA) is 163 Å². The van der Waals surface area contributed by atoms with Gasteiger partial charge in [0.1, 0.15) is 11.4 Å². The zero-order valence-electron chi connectivity index (χ0n) is 20.6. The van der Waals surface area contributed by atoms with E-state index in [1.807, 2.05) is 42.7 Å². The summed E-state index contributed by atoms with van der Waals surface area (Å²) in [5, 5.41) is 21.6. The Balaban J connectivity index is 1.53. The zero-order valence-corrected chi connectivity index (χ0v) is 22.2. The number of allylic oxidation sites excluding steroid dienone is 1. The van der Waals surface area contributed by atoms with Gasteiger partial charge in [0.2, 0.25) is 11.9 Å². The number of para-hydroxylation sites is 1. The van der Waals surface area contributed by atoms with Crippen molar-refractivity contribution in [3.8, 4) is 0 Å². The lowest BCUT2D eigenvalue weighted by molar-refractivity contribution is -0.384. The number of benzene rings is 2. The molecule has 0 radical (unpaired) electrons. The van der Waals surface area contributed by atoms with Crippen LogP contribution in [0.25, 0.3) is 11.0 Å². The number of hydrogen-bond acceptors (Lipinski definition) is 7. The molecule has 4 N–H and O–H groups in total. The second kappa shape index (κ2) is 11.3. The minimum absolute atomic E-state index is 0.0575. The molecule has 0 saturated carbocycles. The molecule has 0 saturated heterocycles. The normalized spacial score (nSPS) is 11.2. The molecule has 2 amide bonds. The molecule has 0 bridgehead atoms. The van der Waals surface area contributed by atoms with Crippen LogP contribution in [-0.2, 0) is 13.1 Å². The molecule has 4 rings (SSSR count). The second-order valence-electron chi connectivity index (χ2n) is 8.30. The van der Waals surface area contributed by atoms with Gasteiger partial charge in [0.05, 0.1) is 21.7 Å². The monoisotopic (exact) mass is 580 g/mol. The number of hydrogen-bond donors (Lipinski definition) is 3. The van der Waals surface area contributed by atoms with E-state index in [-0.39, 0.29) is 29.4 Å². The summed E-state index contributed by atoms with van der Waals surface area (Å²) in [6.45, 7) is 4.94. The van der Waals surface area contributed by atoms with E-state index in [1.165, 1.54) is 12.1 Å². The number of primary amides is 1. The van der Waals surface area contributed by atoms with E-state index in [0.29, 0.717) is 30.2 Å². The fourth-order valence-electron chi connectivity index (χ4n) is 3.97. The Hall–Kier alpha value is -4.52. The van der Waals surface area contributed by atoms with Crippen LogP contribution in [0.5, 0.6) is 0 Å². The third kappa shape index (κ3) is 5.57. The van der Waals surface area contributed by atoms with Gasteiger partial charge in [-0.1, -0.05) is 18.2 Å². The molecule has 2 heterocycles. The Kier molecular flexibility index (Phi) is 7.86. The number of nitro groups is 1. The number of fused-ring (bicyclic) bond motifs is 1. The molecular formula is C25H25BrN8O4. The SMILES string of the molecule is CCn1nc(C)cc1C(=O)Nc1nc2cccc(Br)c2n1CC=CCNc1ccc(C(N)=O)cc1[N+](=O)[O-]. The third-order valence-corrected chi connectivity index (χ3v) is 6.36. The van der Waals surface area contributed by atoms with E-state index in [1.54, 1.807) is 16.8 Å². The fraction of sp³-hybridized carbons (Fsp3) is 0.200. The number of rotatable bonds is 10. The van der Waals surface area contributed by atoms with Crippen molar-refractivity contribution in [3.63, 3.8) is 0 Å². The highest BCUT2D eigenvalue weighted by atomic mass is 79.9. The summed E-state index contributed by atoms with van der Waals surface area (Å²) in [5.74, 6) is -0.693. The standard InChI is InChI=1S/C25H25BrN8O4/c1-3-33-21(13-15(2)31-33)24(36)30-25-29-19-8-6-7-17(26)22(19)32(25)12-5-4-11-28-18-10-9-16(23(27)35)14-20(18)34(37)38/h4-10,13-14,28H,3,11-12H2,1-2H3,(H2,27,35)(H,29,30,36). The number of imidazole rings is 1. The number of nitrogens with zero attached hydrogens (tertiary/aromatic N) is 5. The summed E-state index contributed by atoms with van der Waals surface area (Å²) in [7, 11) is 0. The average molecular weight is 581 g/mol.